The van der Waals surface area contributed by atoms with Gasteiger partial charge in [-0.1, -0.05) is 6.42 Å². The van der Waals surface area contributed by atoms with Crippen molar-refractivity contribution >= 4 is 5.91 Å². The molecule has 2 saturated carbocycles. The van der Waals surface area contributed by atoms with Crippen LogP contribution < -0.4 is 10.6 Å². The van der Waals surface area contributed by atoms with Crippen molar-refractivity contribution in [3.05, 3.63) is 0 Å². The first kappa shape index (κ1) is 9.64. The lowest BCUT2D eigenvalue weighted by Gasteiger charge is -2.10. The van der Waals surface area contributed by atoms with E-state index >= 15 is 0 Å². The number of amides is 1. The molecule has 1 heterocycles. The minimum absolute atomic E-state index is 0.344. The van der Waals surface area contributed by atoms with Crippen molar-refractivity contribution in [1.29, 1.82) is 0 Å². The number of fused-ring (bicyclic) bond motifs is 1. The van der Waals surface area contributed by atoms with Crippen molar-refractivity contribution in [2.75, 3.05) is 19.6 Å². The van der Waals surface area contributed by atoms with Crippen molar-refractivity contribution < 1.29 is 4.79 Å². The summed E-state index contributed by atoms with van der Waals surface area (Å²) in [6, 6.07) is 0. The second-order valence-corrected chi connectivity index (χ2v) is 5.39. The highest BCUT2D eigenvalue weighted by Crippen LogP contribution is 2.57. The molecule has 1 amide bonds. The predicted octanol–water partition coefficient (Wildman–Crippen LogP) is 0.758. The van der Waals surface area contributed by atoms with E-state index < -0.39 is 0 Å². The summed E-state index contributed by atoms with van der Waals surface area (Å²) in [5.74, 6) is 2.93. The first-order valence-electron chi connectivity index (χ1n) is 6.34. The lowest BCUT2D eigenvalue weighted by molar-refractivity contribution is -0.123. The highest BCUT2D eigenvalue weighted by atomic mass is 16.2. The Hall–Kier alpha value is -0.570. The lowest BCUT2D eigenvalue weighted by atomic mass is 10.1. The quantitative estimate of drug-likeness (QED) is 0.719. The van der Waals surface area contributed by atoms with Crippen LogP contribution in [0, 0.1) is 23.7 Å². The molecular formula is C12H20N2O. The maximum absolute atomic E-state index is 11.8. The zero-order valence-corrected chi connectivity index (χ0v) is 9.17. The molecule has 0 aromatic carbocycles. The molecule has 15 heavy (non-hydrogen) atoms. The average molecular weight is 208 g/mol. The van der Waals surface area contributed by atoms with Gasteiger partial charge >= 0.3 is 0 Å². The third-order valence-corrected chi connectivity index (χ3v) is 4.44. The fraction of sp³-hybridized carbons (Fsp3) is 0.917. The maximum Gasteiger partial charge on any atom is 0.223 e. The van der Waals surface area contributed by atoms with E-state index in [-0.39, 0.29) is 0 Å². The molecule has 0 aromatic rings. The minimum Gasteiger partial charge on any atom is -0.356 e. The smallest absolute Gasteiger partial charge is 0.223 e. The largest absolute Gasteiger partial charge is 0.356 e. The molecule has 0 bridgehead atoms. The number of hydrogen-bond acceptors (Lipinski definition) is 2. The van der Waals surface area contributed by atoms with E-state index in [4.69, 9.17) is 0 Å². The van der Waals surface area contributed by atoms with Crippen LogP contribution in [0.1, 0.15) is 25.7 Å². The van der Waals surface area contributed by atoms with Crippen LogP contribution in [-0.4, -0.2) is 25.5 Å². The van der Waals surface area contributed by atoms with E-state index in [0.29, 0.717) is 17.7 Å². The van der Waals surface area contributed by atoms with Crippen molar-refractivity contribution in [3.8, 4) is 0 Å². The standard InChI is InChI=1S/C12H20N2O/c15-12(11-9-2-1-3-10(9)11)14-7-8-4-5-13-6-8/h8-11,13H,1-7H2,(H,14,15). The van der Waals surface area contributed by atoms with Crippen molar-refractivity contribution in [1.82, 2.24) is 10.6 Å². The van der Waals surface area contributed by atoms with Gasteiger partial charge in [0.15, 0.2) is 0 Å². The normalized spacial score (nSPS) is 42.7. The molecule has 84 valence electrons. The van der Waals surface area contributed by atoms with E-state index in [1.165, 1.54) is 25.7 Å². The molecule has 3 aliphatic rings. The molecule has 3 rings (SSSR count). The van der Waals surface area contributed by atoms with Gasteiger partial charge in [0.1, 0.15) is 0 Å². The molecule has 3 unspecified atom stereocenters. The van der Waals surface area contributed by atoms with Crippen LogP contribution in [0.15, 0.2) is 0 Å². The molecule has 1 saturated heterocycles. The minimum atomic E-state index is 0.344. The molecule has 2 aliphatic carbocycles. The third-order valence-electron chi connectivity index (χ3n) is 4.44. The van der Waals surface area contributed by atoms with Gasteiger partial charge in [0.2, 0.25) is 5.91 Å². The third kappa shape index (κ3) is 1.78. The van der Waals surface area contributed by atoms with Crippen LogP contribution >= 0.6 is 0 Å². The molecular weight excluding hydrogens is 188 g/mol. The van der Waals surface area contributed by atoms with E-state index in [0.717, 1.165) is 31.5 Å². The van der Waals surface area contributed by atoms with Crippen LogP contribution in [0.3, 0.4) is 0 Å². The zero-order chi connectivity index (χ0) is 10.3. The van der Waals surface area contributed by atoms with Crippen LogP contribution in [0.2, 0.25) is 0 Å². The van der Waals surface area contributed by atoms with Gasteiger partial charge in [-0.15, -0.1) is 0 Å². The summed E-state index contributed by atoms with van der Waals surface area (Å²) >= 11 is 0. The Morgan fingerprint density at radius 2 is 2.07 bits per heavy atom. The summed E-state index contributed by atoms with van der Waals surface area (Å²) < 4.78 is 0. The first-order valence-corrected chi connectivity index (χ1v) is 6.34. The fourth-order valence-corrected chi connectivity index (χ4v) is 3.46. The van der Waals surface area contributed by atoms with E-state index in [1.54, 1.807) is 0 Å². The molecule has 0 aromatic heterocycles. The predicted molar refractivity (Wildman–Crippen MR) is 58.3 cm³/mol. The maximum atomic E-state index is 11.8. The second-order valence-electron chi connectivity index (χ2n) is 5.39. The Morgan fingerprint density at radius 1 is 1.27 bits per heavy atom. The van der Waals surface area contributed by atoms with Gasteiger partial charge in [-0.25, -0.2) is 0 Å². The SMILES string of the molecule is O=C(NCC1CCNC1)C1C2CCCC21. The van der Waals surface area contributed by atoms with Gasteiger partial charge < -0.3 is 10.6 Å². The number of rotatable bonds is 3. The summed E-state index contributed by atoms with van der Waals surface area (Å²) in [4.78, 5) is 11.8. The summed E-state index contributed by atoms with van der Waals surface area (Å²) in [6.45, 7) is 3.09. The number of hydrogen-bond donors (Lipinski definition) is 2. The Morgan fingerprint density at radius 3 is 2.73 bits per heavy atom. The summed E-state index contributed by atoms with van der Waals surface area (Å²) in [5, 5.41) is 6.47. The number of carbonyl (C=O) groups excluding carboxylic acids is 1. The van der Waals surface area contributed by atoms with Crippen LogP contribution in [0.4, 0.5) is 0 Å². The molecule has 1 aliphatic heterocycles. The van der Waals surface area contributed by atoms with E-state index in [2.05, 4.69) is 10.6 Å². The summed E-state index contributed by atoms with van der Waals surface area (Å²) in [6.07, 6.45) is 5.17. The highest BCUT2D eigenvalue weighted by molar-refractivity contribution is 5.82. The molecule has 3 fully saturated rings. The first-order chi connectivity index (χ1) is 7.36. The topological polar surface area (TPSA) is 41.1 Å². The van der Waals surface area contributed by atoms with Crippen LogP contribution in [0.5, 0.6) is 0 Å². The highest BCUT2D eigenvalue weighted by Gasteiger charge is 2.56. The van der Waals surface area contributed by atoms with Gasteiger partial charge in [0, 0.05) is 12.5 Å². The zero-order valence-electron chi connectivity index (χ0n) is 9.17. The monoisotopic (exact) mass is 208 g/mol. The average Bonchev–Trinajstić information content (AvgIpc) is 2.72. The van der Waals surface area contributed by atoms with Crippen molar-refractivity contribution in [2.45, 2.75) is 25.7 Å². The number of nitrogens with one attached hydrogen (secondary N) is 2. The van der Waals surface area contributed by atoms with Crippen molar-refractivity contribution in [3.63, 3.8) is 0 Å². The Bertz CT molecular complexity index is 250. The van der Waals surface area contributed by atoms with Gasteiger partial charge in [-0.05, 0) is 50.1 Å². The molecule has 0 radical (unpaired) electrons. The molecule has 0 spiro atoms. The fourth-order valence-electron chi connectivity index (χ4n) is 3.46. The van der Waals surface area contributed by atoms with Gasteiger partial charge in [0.05, 0.1) is 0 Å². The Balaban J connectivity index is 1.42. The summed E-state index contributed by atoms with van der Waals surface area (Å²) in [5.41, 5.74) is 0. The molecule has 3 heteroatoms. The molecule has 3 nitrogen and oxygen atoms in total. The van der Waals surface area contributed by atoms with E-state index in [1.807, 2.05) is 0 Å². The van der Waals surface area contributed by atoms with Crippen LogP contribution in [0.25, 0.3) is 0 Å². The Labute approximate surface area is 91.0 Å². The Kier molecular flexibility index (Phi) is 2.43. The second kappa shape index (κ2) is 3.78. The van der Waals surface area contributed by atoms with E-state index in [9.17, 15) is 4.79 Å². The van der Waals surface area contributed by atoms with Crippen molar-refractivity contribution in [2.24, 2.45) is 23.7 Å². The van der Waals surface area contributed by atoms with Crippen LogP contribution in [-0.2, 0) is 4.79 Å². The lowest BCUT2D eigenvalue weighted by Crippen LogP contribution is -2.32. The van der Waals surface area contributed by atoms with Gasteiger partial charge in [0.25, 0.3) is 0 Å². The molecule has 2 N–H and O–H groups in total. The molecule has 3 atom stereocenters. The summed E-state index contributed by atoms with van der Waals surface area (Å²) in [7, 11) is 0. The van der Waals surface area contributed by atoms with Gasteiger partial charge in [-0.2, -0.15) is 0 Å². The number of carbonyl (C=O) groups is 1. The van der Waals surface area contributed by atoms with Gasteiger partial charge in [-0.3, -0.25) is 4.79 Å².